The van der Waals surface area contributed by atoms with Crippen LogP contribution in [0.4, 0.5) is 4.79 Å². The molecule has 1 aromatic carbocycles. The van der Waals surface area contributed by atoms with Crippen molar-refractivity contribution >= 4 is 17.9 Å². The van der Waals surface area contributed by atoms with Crippen LogP contribution in [0.5, 0.6) is 0 Å². The molecule has 0 spiro atoms. The molecule has 0 fully saturated rings. The van der Waals surface area contributed by atoms with E-state index in [2.05, 4.69) is 17.6 Å². The molecule has 0 radical (unpaired) electrons. The molecule has 0 heterocycles. The molecule has 0 bridgehead atoms. The summed E-state index contributed by atoms with van der Waals surface area (Å²) in [5.41, 5.74) is 1.09. The van der Waals surface area contributed by atoms with Gasteiger partial charge in [0.15, 0.2) is 0 Å². The smallest absolute Gasteiger partial charge is 0.408 e. The summed E-state index contributed by atoms with van der Waals surface area (Å²) >= 11 is 0. The maximum Gasteiger partial charge on any atom is 0.408 e. The zero-order chi connectivity index (χ0) is 23.6. The second-order valence-corrected chi connectivity index (χ2v) is 8.86. The van der Waals surface area contributed by atoms with E-state index in [1.165, 1.54) is 0 Å². The third-order valence-electron chi connectivity index (χ3n) is 4.60. The van der Waals surface area contributed by atoms with Gasteiger partial charge in [0.25, 0.3) is 0 Å². The molecule has 2 N–H and O–H groups in total. The van der Waals surface area contributed by atoms with Crippen LogP contribution in [0.15, 0.2) is 24.3 Å². The Kier molecular flexibility index (Phi) is 10.5. The molecule has 7 nitrogen and oxygen atoms in total. The van der Waals surface area contributed by atoms with Gasteiger partial charge in [0.05, 0.1) is 0 Å². The second-order valence-electron chi connectivity index (χ2n) is 8.86. The third kappa shape index (κ3) is 8.99. The van der Waals surface area contributed by atoms with Crippen molar-refractivity contribution in [3.05, 3.63) is 35.4 Å². The largest absolute Gasteiger partial charge is 0.444 e. The number of unbranched alkanes of at least 4 members (excludes halogenated alkanes) is 1. The molecule has 0 aromatic heterocycles. The Morgan fingerprint density at radius 2 is 1.81 bits per heavy atom. The zero-order valence-electron chi connectivity index (χ0n) is 20.1. The fourth-order valence-corrected chi connectivity index (χ4v) is 3.20. The molecule has 1 aromatic rings. The number of rotatable bonds is 10. The van der Waals surface area contributed by atoms with Gasteiger partial charge in [-0.25, -0.2) is 4.79 Å². The first-order valence-corrected chi connectivity index (χ1v) is 11.1. The standard InChI is InChI=1S/C24H39N3O4/c1-8-10-14-25-21(28)20(19-13-11-12-17(3)16-19)27(15-9-2)22(29)18(4)26-23(30)31-24(5,6)7/h11-13,16,18,20H,8-10,14-15H2,1-7H3,(H,25,28)(H,26,30). The van der Waals surface area contributed by atoms with E-state index in [1.54, 1.807) is 32.6 Å². The van der Waals surface area contributed by atoms with E-state index in [0.717, 1.165) is 24.0 Å². The first-order valence-electron chi connectivity index (χ1n) is 11.1. The SMILES string of the molecule is CCCCNC(=O)C(c1cccc(C)c1)N(CCC)C(=O)C(C)NC(=O)OC(C)(C)C. The Morgan fingerprint density at radius 3 is 2.35 bits per heavy atom. The lowest BCUT2D eigenvalue weighted by atomic mass is 10.0. The van der Waals surface area contributed by atoms with Gasteiger partial charge in [-0.1, -0.05) is 50.1 Å². The van der Waals surface area contributed by atoms with Crippen LogP contribution in [0.3, 0.4) is 0 Å². The summed E-state index contributed by atoms with van der Waals surface area (Å²) in [4.78, 5) is 40.2. The molecule has 0 saturated heterocycles. The monoisotopic (exact) mass is 433 g/mol. The Hall–Kier alpha value is -2.57. The van der Waals surface area contributed by atoms with Gasteiger partial charge in [-0.3, -0.25) is 9.59 Å². The molecule has 174 valence electrons. The van der Waals surface area contributed by atoms with Crippen molar-refractivity contribution in [2.75, 3.05) is 13.1 Å². The van der Waals surface area contributed by atoms with Crippen LogP contribution >= 0.6 is 0 Å². The minimum atomic E-state index is -0.836. The maximum absolute atomic E-state index is 13.3. The molecule has 0 aliphatic heterocycles. The lowest BCUT2D eigenvalue weighted by Crippen LogP contribution is -2.52. The average Bonchev–Trinajstić information content (AvgIpc) is 2.65. The van der Waals surface area contributed by atoms with Gasteiger partial charge < -0.3 is 20.3 Å². The molecule has 1 rings (SSSR count). The third-order valence-corrected chi connectivity index (χ3v) is 4.60. The van der Waals surface area contributed by atoms with Crippen molar-refractivity contribution in [1.82, 2.24) is 15.5 Å². The number of nitrogens with zero attached hydrogens (tertiary/aromatic N) is 1. The normalized spacial score (nSPS) is 13.1. The van der Waals surface area contributed by atoms with Gasteiger partial charge in [0.2, 0.25) is 11.8 Å². The van der Waals surface area contributed by atoms with E-state index in [-0.39, 0.29) is 11.8 Å². The summed E-state index contributed by atoms with van der Waals surface area (Å²) in [6.45, 7) is 13.8. The Bertz CT molecular complexity index is 743. The van der Waals surface area contributed by atoms with Crippen LogP contribution in [-0.4, -0.2) is 47.5 Å². The van der Waals surface area contributed by atoms with Crippen LogP contribution in [0.2, 0.25) is 0 Å². The fraction of sp³-hybridized carbons (Fsp3) is 0.625. The number of hydrogen-bond donors (Lipinski definition) is 2. The summed E-state index contributed by atoms with van der Waals surface area (Å²) in [6, 6.07) is 6.01. The van der Waals surface area contributed by atoms with E-state index < -0.39 is 23.8 Å². The molecule has 0 aliphatic carbocycles. The minimum Gasteiger partial charge on any atom is -0.444 e. The number of aryl methyl sites for hydroxylation is 1. The summed E-state index contributed by atoms with van der Waals surface area (Å²) in [5, 5.41) is 5.56. The van der Waals surface area contributed by atoms with Crippen LogP contribution in [0.25, 0.3) is 0 Å². The van der Waals surface area contributed by atoms with Crippen molar-refractivity contribution in [3.8, 4) is 0 Å². The molecule has 7 heteroatoms. The number of amides is 3. The van der Waals surface area contributed by atoms with Crippen LogP contribution < -0.4 is 10.6 Å². The average molecular weight is 434 g/mol. The number of nitrogens with one attached hydrogen (secondary N) is 2. The topological polar surface area (TPSA) is 87.7 Å². The van der Waals surface area contributed by atoms with Crippen molar-refractivity contribution in [3.63, 3.8) is 0 Å². The van der Waals surface area contributed by atoms with Crippen molar-refractivity contribution < 1.29 is 19.1 Å². The van der Waals surface area contributed by atoms with Crippen molar-refractivity contribution in [2.45, 2.75) is 85.4 Å². The predicted molar refractivity (Wildman–Crippen MR) is 123 cm³/mol. The Balaban J connectivity index is 3.17. The number of carbonyl (C=O) groups is 3. The number of hydrogen-bond acceptors (Lipinski definition) is 4. The van der Waals surface area contributed by atoms with Gasteiger partial charge in [0, 0.05) is 13.1 Å². The number of benzene rings is 1. The zero-order valence-corrected chi connectivity index (χ0v) is 20.1. The number of carbonyl (C=O) groups excluding carboxylic acids is 3. The Morgan fingerprint density at radius 1 is 1.13 bits per heavy atom. The highest BCUT2D eigenvalue weighted by Crippen LogP contribution is 2.24. The summed E-state index contributed by atoms with van der Waals surface area (Å²) in [7, 11) is 0. The lowest BCUT2D eigenvalue weighted by molar-refractivity contribution is -0.142. The predicted octanol–water partition coefficient (Wildman–Crippen LogP) is 4.10. The van der Waals surface area contributed by atoms with Gasteiger partial charge in [-0.15, -0.1) is 0 Å². The van der Waals surface area contributed by atoms with Crippen LogP contribution in [0, 0.1) is 6.92 Å². The molecule has 3 amide bonds. The summed E-state index contributed by atoms with van der Waals surface area (Å²) in [6.07, 6.45) is 1.84. The summed E-state index contributed by atoms with van der Waals surface area (Å²) in [5.74, 6) is -0.546. The van der Waals surface area contributed by atoms with Gasteiger partial charge in [-0.2, -0.15) is 0 Å². The quantitative estimate of drug-likeness (QED) is 0.544. The first-order chi connectivity index (χ1) is 14.5. The van der Waals surface area contributed by atoms with Gasteiger partial charge in [-0.05, 0) is 53.0 Å². The van der Waals surface area contributed by atoms with Gasteiger partial charge in [0.1, 0.15) is 17.7 Å². The molecular formula is C24H39N3O4. The van der Waals surface area contributed by atoms with E-state index in [4.69, 9.17) is 4.74 Å². The van der Waals surface area contributed by atoms with Crippen LogP contribution in [-0.2, 0) is 14.3 Å². The summed E-state index contributed by atoms with van der Waals surface area (Å²) < 4.78 is 5.27. The molecular weight excluding hydrogens is 394 g/mol. The van der Waals surface area contributed by atoms with Crippen molar-refractivity contribution in [2.24, 2.45) is 0 Å². The van der Waals surface area contributed by atoms with E-state index >= 15 is 0 Å². The number of ether oxygens (including phenoxy) is 1. The molecule has 31 heavy (non-hydrogen) atoms. The fourth-order valence-electron chi connectivity index (χ4n) is 3.20. The molecule has 2 atom stereocenters. The second kappa shape index (κ2) is 12.3. The molecule has 2 unspecified atom stereocenters. The highest BCUT2D eigenvalue weighted by Gasteiger charge is 2.34. The van der Waals surface area contributed by atoms with E-state index in [1.807, 2.05) is 38.1 Å². The highest BCUT2D eigenvalue weighted by molar-refractivity contribution is 5.92. The maximum atomic E-state index is 13.3. The Labute approximate surface area is 186 Å². The highest BCUT2D eigenvalue weighted by atomic mass is 16.6. The van der Waals surface area contributed by atoms with Crippen LogP contribution in [0.1, 0.15) is 78.0 Å². The van der Waals surface area contributed by atoms with E-state index in [9.17, 15) is 14.4 Å². The van der Waals surface area contributed by atoms with E-state index in [0.29, 0.717) is 19.5 Å². The number of alkyl carbamates (subject to hydrolysis) is 1. The van der Waals surface area contributed by atoms with Gasteiger partial charge >= 0.3 is 6.09 Å². The molecule has 0 aliphatic rings. The first kappa shape index (κ1) is 26.5. The minimum absolute atomic E-state index is 0.217. The van der Waals surface area contributed by atoms with Crippen molar-refractivity contribution in [1.29, 1.82) is 0 Å². The molecule has 0 saturated carbocycles. The lowest BCUT2D eigenvalue weighted by Gasteiger charge is -2.33.